The van der Waals surface area contributed by atoms with Crippen LogP contribution in [0.15, 0.2) is 30.6 Å². The molecule has 0 aliphatic carbocycles. The van der Waals surface area contributed by atoms with Crippen molar-refractivity contribution >= 4 is 17.2 Å². The molecular formula is C16H14F3N5S. The monoisotopic (exact) mass is 365 g/mol. The summed E-state index contributed by atoms with van der Waals surface area (Å²) in [6.07, 6.45) is -1.60. The third kappa shape index (κ3) is 4.11. The quantitative estimate of drug-likeness (QED) is 0.749. The summed E-state index contributed by atoms with van der Waals surface area (Å²) < 4.78 is 39.5. The van der Waals surface area contributed by atoms with Gasteiger partial charge in [-0.25, -0.2) is 15.0 Å². The molecular weight excluding hydrogens is 351 g/mol. The maximum absolute atomic E-state index is 13.2. The largest absolute Gasteiger partial charge is 0.433 e. The number of rotatable bonds is 4. The Morgan fingerprint density at radius 3 is 2.40 bits per heavy atom. The van der Waals surface area contributed by atoms with E-state index >= 15 is 0 Å². The van der Waals surface area contributed by atoms with Crippen LogP contribution in [0.3, 0.4) is 0 Å². The van der Waals surface area contributed by atoms with E-state index in [0.717, 1.165) is 21.6 Å². The van der Waals surface area contributed by atoms with E-state index in [-0.39, 0.29) is 11.6 Å². The van der Waals surface area contributed by atoms with Crippen LogP contribution >= 0.6 is 11.3 Å². The predicted molar refractivity (Wildman–Crippen MR) is 89.2 cm³/mol. The van der Waals surface area contributed by atoms with Crippen molar-refractivity contribution in [1.82, 2.24) is 19.9 Å². The smallest absolute Gasteiger partial charge is 0.364 e. The van der Waals surface area contributed by atoms with Crippen molar-refractivity contribution in [3.63, 3.8) is 0 Å². The minimum Gasteiger partial charge on any atom is -0.364 e. The van der Waals surface area contributed by atoms with Crippen LogP contribution in [0.5, 0.6) is 0 Å². The summed E-state index contributed by atoms with van der Waals surface area (Å²) in [5.74, 6) is 0.0881. The van der Waals surface area contributed by atoms with Crippen molar-refractivity contribution in [3.05, 3.63) is 51.9 Å². The van der Waals surface area contributed by atoms with Gasteiger partial charge in [0.15, 0.2) is 11.5 Å². The third-order valence-corrected chi connectivity index (χ3v) is 4.32. The molecule has 0 fully saturated rings. The van der Waals surface area contributed by atoms with Crippen LogP contribution < -0.4 is 5.32 Å². The Bertz CT molecular complexity index is 877. The fourth-order valence-electron chi connectivity index (χ4n) is 2.22. The molecule has 0 radical (unpaired) electrons. The first-order valence-corrected chi connectivity index (χ1v) is 8.18. The van der Waals surface area contributed by atoms with Crippen LogP contribution in [0, 0.1) is 13.8 Å². The number of thiazole rings is 1. The van der Waals surface area contributed by atoms with E-state index in [9.17, 15) is 13.2 Å². The first-order valence-electron chi connectivity index (χ1n) is 7.36. The number of hydrogen-bond acceptors (Lipinski definition) is 6. The van der Waals surface area contributed by atoms with E-state index in [1.165, 1.54) is 12.4 Å². The number of nitrogens with one attached hydrogen (secondary N) is 1. The Hall–Kier alpha value is -2.55. The zero-order chi connectivity index (χ0) is 18.0. The maximum Gasteiger partial charge on any atom is 0.433 e. The van der Waals surface area contributed by atoms with Crippen LogP contribution in [-0.4, -0.2) is 19.9 Å². The lowest BCUT2D eigenvalue weighted by Crippen LogP contribution is -2.12. The molecule has 0 aliphatic heterocycles. The summed E-state index contributed by atoms with van der Waals surface area (Å²) in [5.41, 5.74) is 0.257. The van der Waals surface area contributed by atoms with E-state index in [4.69, 9.17) is 0 Å². The van der Waals surface area contributed by atoms with Gasteiger partial charge in [-0.15, -0.1) is 11.3 Å². The number of alkyl halides is 3. The molecule has 0 atom stereocenters. The zero-order valence-electron chi connectivity index (χ0n) is 13.4. The summed E-state index contributed by atoms with van der Waals surface area (Å²) in [7, 11) is 0. The maximum atomic E-state index is 13.2. The van der Waals surface area contributed by atoms with Crippen LogP contribution in [0.4, 0.5) is 19.0 Å². The molecule has 3 aromatic rings. The summed E-state index contributed by atoms with van der Waals surface area (Å²) in [5, 5.41) is 3.82. The fourth-order valence-corrected chi connectivity index (χ4v) is 3.06. The summed E-state index contributed by atoms with van der Waals surface area (Å²) in [6, 6.07) is 4.03. The number of anilines is 1. The standard InChI is InChI=1S/C16H14F3N5S/c1-9-12(22-10(2)25-9)8-21-14-7-13(16(17,18)19)23-15(24-14)11-3-5-20-6-4-11/h3-7H,8H2,1-2H3,(H,21,23,24). The molecule has 0 spiro atoms. The molecule has 5 nitrogen and oxygen atoms in total. The molecule has 0 aliphatic rings. The summed E-state index contributed by atoms with van der Waals surface area (Å²) >= 11 is 1.54. The Balaban J connectivity index is 1.94. The zero-order valence-corrected chi connectivity index (χ0v) is 14.2. The molecule has 0 bridgehead atoms. The molecule has 0 aromatic carbocycles. The first-order chi connectivity index (χ1) is 11.8. The molecule has 3 aromatic heterocycles. The van der Waals surface area contributed by atoms with Gasteiger partial charge in [0.2, 0.25) is 0 Å². The van der Waals surface area contributed by atoms with Gasteiger partial charge in [0.1, 0.15) is 5.82 Å². The molecule has 0 saturated carbocycles. The van der Waals surface area contributed by atoms with Crippen LogP contribution in [-0.2, 0) is 12.7 Å². The van der Waals surface area contributed by atoms with E-state index in [2.05, 4.69) is 25.3 Å². The van der Waals surface area contributed by atoms with Crippen molar-refractivity contribution in [2.24, 2.45) is 0 Å². The molecule has 25 heavy (non-hydrogen) atoms. The molecule has 0 amide bonds. The second kappa shape index (κ2) is 6.75. The second-order valence-corrected chi connectivity index (χ2v) is 6.69. The Morgan fingerprint density at radius 2 is 1.80 bits per heavy atom. The van der Waals surface area contributed by atoms with Crippen LogP contribution in [0.2, 0.25) is 0 Å². The van der Waals surface area contributed by atoms with Gasteiger partial charge in [-0.3, -0.25) is 4.98 Å². The molecule has 9 heteroatoms. The van der Waals surface area contributed by atoms with E-state index in [1.807, 2.05) is 13.8 Å². The molecule has 0 unspecified atom stereocenters. The van der Waals surface area contributed by atoms with Crippen molar-refractivity contribution in [2.75, 3.05) is 5.32 Å². The van der Waals surface area contributed by atoms with Crippen LogP contribution in [0.25, 0.3) is 11.4 Å². The molecule has 3 heterocycles. The average molecular weight is 365 g/mol. The minimum atomic E-state index is -4.56. The minimum absolute atomic E-state index is 0.00842. The molecule has 1 N–H and O–H groups in total. The number of nitrogens with zero attached hydrogens (tertiary/aromatic N) is 4. The van der Waals surface area contributed by atoms with Gasteiger partial charge in [-0.05, 0) is 26.0 Å². The fraction of sp³-hybridized carbons (Fsp3) is 0.250. The van der Waals surface area contributed by atoms with Gasteiger partial charge in [-0.2, -0.15) is 13.2 Å². The van der Waals surface area contributed by atoms with Gasteiger partial charge in [0.25, 0.3) is 0 Å². The number of aryl methyl sites for hydroxylation is 2. The van der Waals surface area contributed by atoms with Crippen molar-refractivity contribution < 1.29 is 13.2 Å². The summed E-state index contributed by atoms with van der Waals surface area (Å²) in [4.78, 5) is 17.1. The average Bonchev–Trinajstić information content (AvgIpc) is 2.90. The molecule has 130 valence electrons. The predicted octanol–water partition coefficient (Wildman–Crippen LogP) is 4.24. The van der Waals surface area contributed by atoms with Gasteiger partial charge in [0.05, 0.1) is 17.2 Å². The number of halogens is 3. The summed E-state index contributed by atoms with van der Waals surface area (Å²) in [6.45, 7) is 4.10. The Kier molecular flexibility index (Phi) is 4.67. The van der Waals surface area contributed by atoms with Gasteiger partial charge < -0.3 is 5.32 Å². The first kappa shape index (κ1) is 17.3. The lowest BCUT2D eigenvalue weighted by molar-refractivity contribution is -0.141. The SMILES string of the molecule is Cc1nc(CNc2cc(C(F)(F)F)nc(-c3ccncc3)n2)c(C)s1. The highest BCUT2D eigenvalue weighted by molar-refractivity contribution is 7.11. The number of aromatic nitrogens is 4. The van der Waals surface area contributed by atoms with Gasteiger partial charge in [0, 0.05) is 28.9 Å². The number of hydrogen-bond donors (Lipinski definition) is 1. The normalized spacial score (nSPS) is 11.6. The van der Waals surface area contributed by atoms with E-state index < -0.39 is 11.9 Å². The Labute approximate surface area is 146 Å². The van der Waals surface area contributed by atoms with E-state index in [0.29, 0.717) is 12.1 Å². The highest BCUT2D eigenvalue weighted by Gasteiger charge is 2.33. The lowest BCUT2D eigenvalue weighted by Gasteiger charge is -2.11. The topological polar surface area (TPSA) is 63.6 Å². The highest BCUT2D eigenvalue weighted by Crippen LogP contribution is 2.31. The van der Waals surface area contributed by atoms with Crippen molar-refractivity contribution in [1.29, 1.82) is 0 Å². The molecule has 3 rings (SSSR count). The third-order valence-electron chi connectivity index (χ3n) is 3.39. The molecule has 0 saturated heterocycles. The Morgan fingerprint density at radius 1 is 1.08 bits per heavy atom. The van der Waals surface area contributed by atoms with E-state index in [1.54, 1.807) is 23.5 Å². The number of pyridine rings is 1. The van der Waals surface area contributed by atoms with Gasteiger partial charge >= 0.3 is 6.18 Å². The lowest BCUT2D eigenvalue weighted by atomic mass is 10.2. The van der Waals surface area contributed by atoms with Crippen LogP contribution in [0.1, 0.15) is 21.3 Å². The van der Waals surface area contributed by atoms with Crippen molar-refractivity contribution in [3.8, 4) is 11.4 Å². The second-order valence-electron chi connectivity index (χ2n) is 5.28. The van der Waals surface area contributed by atoms with Crippen molar-refractivity contribution in [2.45, 2.75) is 26.6 Å². The van der Waals surface area contributed by atoms with Gasteiger partial charge in [-0.1, -0.05) is 0 Å². The highest BCUT2D eigenvalue weighted by atomic mass is 32.1.